The van der Waals surface area contributed by atoms with Gasteiger partial charge in [0.15, 0.2) is 15.7 Å². The third kappa shape index (κ3) is 3.81. The van der Waals surface area contributed by atoms with Gasteiger partial charge in [-0.1, -0.05) is 25.4 Å². The Bertz CT molecular complexity index is 554. The first-order valence-corrected chi connectivity index (χ1v) is 9.22. The van der Waals surface area contributed by atoms with Crippen molar-refractivity contribution in [1.82, 2.24) is 15.0 Å². The predicted molar refractivity (Wildman–Crippen MR) is 79.4 cm³/mol. The number of hydrogen-bond donors (Lipinski definition) is 1. The van der Waals surface area contributed by atoms with Gasteiger partial charge in [-0.2, -0.15) is 4.98 Å². The fourth-order valence-electron chi connectivity index (χ4n) is 2.60. The lowest BCUT2D eigenvalue weighted by molar-refractivity contribution is 0.277. The summed E-state index contributed by atoms with van der Waals surface area (Å²) in [4.78, 5) is 6.41. The molecule has 0 bridgehead atoms. The van der Waals surface area contributed by atoms with Crippen molar-refractivity contribution in [2.75, 3.05) is 25.4 Å². The highest BCUT2D eigenvalue weighted by Gasteiger charge is 2.35. The lowest BCUT2D eigenvalue weighted by Gasteiger charge is -2.20. The van der Waals surface area contributed by atoms with E-state index in [0.29, 0.717) is 25.2 Å². The van der Waals surface area contributed by atoms with Gasteiger partial charge in [0.1, 0.15) is 5.25 Å². The lowest BCUT2D eigenvalue weighted by Crippen LogP contribution is -2.32. The molecular weight excluding hydrogens is 292 g/mol. The van der Waals surface area contributed by atoms with Crippen molar-refractivity contribution in [3.63, 3.8) is 0 Å². The number of rotatable bonds is 6. The molecule has 1 fully saturated rings. The molecule has 8 heteroatoms. The molecule has 1 saturated heterocycles. The molecule has 1 aliphatic heterocycles. The Balaban J connectivity index is 2.10. The van der Waals surface area contributed by atoms with Crippen LogP contribution in [-0.2, 0) is 9.84 Å². The van der Waals surface area contributed by atoms with E-state index in [0.717, 1.165) is 19.5 Å². The van der Waals surface area contributed by atoms with Gasteiger partial charge in [0.05, 0.1) is 11.8 Å². The summed E-state index contributed by atoms with van der Waals surface area (Å²) in [5, 5.41) is 3.22. The van der Waals surface area contributed by atoms with E-state index in [4.69, 9.17) is 10.3 Å². The van der Waals surface area contributed by atoms with E-state index in [-0.39, 0.29) is 17.7 Å². The van der Waals surface area contributed by atoms with Gasteiger partial charge in [0.25, 0.3) is 0 Å². The zero-order valence-corrected chi connectivity index (χ0v) is 13.5. The first-order chi connectivity index (χ1) is 9.97. The van der Waals surface area contributed by atoms with Crippen LogP contribution in [0.25, 0.3) is 0 Å². The molecule has 21 heavy (non-hydrogen) atoms. The van der Waals surface area contributed by atoms with Crippen LogP contribution in [0.1, 0.15) is 56.1 Å². The van der Waals surface area contributed by atoms with Crippen molar-refractivity contribution in [2.45, 2.75) is 44.4 Å². The van der Waals surface area contributed by atoms with E-state index >= 15 is 0 Å². The molecule has 1 aromatic heterocycles. The first-order valence-electron chi connectivity index (χ1n) is 7.51. The molecule has 0 amide bonds. The maximum atomic E-state index is 12.1. The average Bonchev–Trinajstić information content (AvgIpc) is 2.93. The van der Waals surface area contributed by atoms with Crippen LogP contribution in [0.4, 0.5) is 0 Å². The fourth-order valence-corrected chi connectivity index (χ4v) is 4.42. The number of aromatic nitrogens is 2. The molecule has 0 saturated carbocycles. The van der Waals surface area contributed by atoms with Crippen LogP contribution in [-0.4, -0.2) is 48.8 Å². The molecule has 0 radical (unpaired) electrons. The van der Waals surface area contributed by atoms with Gasteiger partial charge >= 0.3 is 0 Å². The van der Waals surface area contributed by atoms with Gasteiger partial charge in [-0.3, -0.25) is 0 Å². The summed E-state index contributed by atoms with van der Waals surface area (Å²) >= 11 is 0. The highest BCUT2D eigenvalue weighted by molar-refractivity contribution is 7.91. The van der Waals surface area contributed by atoms with Crippen LogP contribution in [0, 0.1) is 0 Å². The molecule has 2 unspecified atom stereocenters. The van der Waals surface area contributed by atoms with Crippen molar-refractivity contribution >= 4 is 9.84 Å². The average molecular weight is 316 g/mol. The summed E-state index contributed by atoms with van der Waals surface area (Å²) in [6.07, 6.45) is 2.13. The smallest absolute Gasteiger partial charge is 0.245 e. The van der Waals surface area contributed by atoms with E-state index in [1.54, 1.807) is 0 Å². The van der Waals surface area contributed by atoms with E-state index in [1.165, 1.54) is 0 Å². The standard InChI is InChI=1S/C13H24N4O3S/c1-3-17(4-2)9-10(14)12-15-13(20-16-12)11-7-5-6-8-21(11,18)19/h10-11H,3-9,14H2,1-2H3. The van der Waals surface area contributed by atoms with E-state index in [2.05, 4.69) is 28.9 Å². The molecule has 2 atom stereocenters. The molecule has 1 aromatic rings. The summed E-state index contributed by atoms with van der Waals surface area (Å²) in [7, 11) is -3.17. The zero-order valence-electron chi connectivity index (χ0n) is 12.7. The number of likely N-dealkylation sites (N-methyl/N-ethyl adjacent to an activating group) is 1. The minimum absolute atomic E-state index is 0.194. The molecular formula is C13H24N4O3S. The molecule has 2 heterocycles. The monoisotopic (exact) mass is 316 g/mol. The Morgan fingerprint density at radius 1 is 1.38 bits per heavy atom. The Kier molecular flexibility index (Phi) is 5.34. The van der Waals surface area contributed by atoms with E-state index in [1.807, 2.05) is 0 Å². The summed E-state index contributed by atoms with van der Waals surface area (Å²) in [6.45, 7) is 6.54. The van der Waals surface area contributed by atoms with Crippen LogP contribution in [0.2, 0.25) is 0 Å². The van der Waals surface area contributed by atoms with Gasteiger partial charge in [-0.25, -0.2) is 8.42 Å². The van der Waals surface area contributed by atoms with Crippen molar-refractivity contribution in [2.24, 2.45) is 5.73 Å². The van der Waals surface area contributed by atoms with Gasteiger partial charge in [0, 0.05) is 6.54 Å². The predicted octanol–water partition coefficient (Wildman–Crippen LogP) is 1.05. The second kappa shape index (κ2) is 6.85. The topological polar surface area (TPSA) is 102 Å². The van der Waals surface area contributed by atoms with Gasteiger partial charge in [-0.15, -0.1) is 0 Å². The van der Waals surface area contributed by atoms with Crippen LogP contribution in [0.3, 0.4) is 0 Å². The molecule has 120 valence electrons. The number of hydrogen-bond acceptors (Lipinski definition) is 7. The minimum atomic E-state index is -3.17. The third-order valence-electron chi connectivity index (χ3n) is 3.99. The summed E-state index contributed by atoms with van der Waals surface area (Å²) in [5.41, 5.74) is 6.08. The Hall–Kier alpha value is -0.990. The number of nitrogens with zero attached hydrogens (tertiary/aromatic N) is 3. The van der Waals surface area contributed by atoms with Crippen molar-refractivity contribution in [1.29, 1.82) is 0 Å². The number of nitrogens with two attached hydrogens (primary N) is 1. The molecule has 2 N–H and O–H groups in total. The maximum absolute atomic E-state index is 12.1. The molecule has 0 aliphatic carbocycles. The highest BCUT2D eigenvalue weighted by Crippen LogP contribution is 2.32. The quantitative estimate of drug-likeness (QED) is 0.836. The molecule has 2 rings (SSSR count). The zero-order chi connectivity index (χ0) is 15.5. The van der Waals surface area contributed by atoms with Crippen molar-refractivity contribution in [3.05, 3.63) is 11.7 Å². The van der Waals surface area contributed by atoms with Crippen LogP contribution >= 0.6 is 0 Å². The number of sulfone groups is 1. The lowest BCUT2D eigenvalue weighted by atomic mass is 10.2. The molecule has 0 aromatic carbocycles. The van der Waals surface area contributed by atoms with Crippen LogP contribution < -0.4 is 5.73 Å². The summed E-state index contributed by atoms with van der Waals surface area (Å²) in [6, 6.07) is -0.367. The van der Waals surface area contributed by atoms with Gasteiger partial charge in [-0.05, 0) is 25.9 Å². The highest BCUT2D eigenvalue weighted by atomic mass is 32.2. The van der Waals surface area contributed by atoms with E-state index in [9.17, 15) is 8.42 Å². The first kappa shape index (κ1) is 16.4. The Morgan fingerprint density at radius 2 is 2.10 bits per heavy atom. The Labute approximate surface area is 125 Å². The second-order valence-corrected chi connectivity index (χ2v) is 7.74. The maximum Gasteiger partial charge on any atom is 0.245 e. The van der Waals surface area contributed by atoms with Crippen molar-refractivity contribution in [3.8, 4) is 0 Å². The van der Waals surface area contributed by atoms with Gasteiger partial charge in [0.2, 0.25) is 5.89 Å². The van der Waals surface area contributed by atoms with Crippen LogP contribution in [0.5, 0.6) is 0 Å². The summed E-state index contributed by atoms with van der Waals surface area (Å²) < 4.78 is 29.3. The molecule has 0 spiro atoms. The SMILES string of the molecule is CCN(CC)CC(N)c1noc(C2CCCCS2(=O)=O)n1. The fraction of sp³-hybridized carbons (Fsp3) is 0.846. The normalized spacial score (nSPS) is 23.3. The molecule has 7 nitrogen and oxygen atoms in total. The molecule has 1 aliphatic rings. The second-order valence-electron chi connectivity index (χ2n) is 5.43. The Morgan fingerprint density at radius 3 is 2.71 bits per heavy atom. The van der Waals surface area contributed by atoms with Crippen LogP contribution in [0.15, 0.2) is 4.52 Å². The minimum Gasteiger partial charge on any atom is -0.338 e. The van der Waals surface area contributed by atoms with E-state index < -0.39 is 15.1 Å². The van der Waals surface area contributed by atoms with Gasteiger partial charge < -0.3 is 15.2 Å². The summed E-state index contributed by atoms with van der Waals surface area (Å²) in [5.74, 6) is 0.776. The largest absolute Gasteiger partial charge is 0.338 e. The third-order valence-corrected chi connectivity index (χ3v) is 6.15. The van der Waals surface area contributed by atoms with Crippen molar-refractivity contribution < 1.29 is 12.9 Å².